The number of carbonyl (C=O) groups is 1. The topological polar surface area (TPSA) is 17.1 Å². The second kappa shape index (κ2) is 4.31. The molecule has 1 heteroatoms. The smallest absolute Gasteiger partial charge is 0.163 e. The molecule has 16 heavy (non-hydrogen) atoms. The lowest BCUT2D eigenvalue weighted by Gasteiger charge is -2.08. The van der Waals surface area contributed by atoms with E-state index >= 15 is 0 Å². The Morgan fingerprint density at radius 2 is 2.00 bits per heavy atom. The molecule has 0 aliphatic carbocycles. The summed E-state index contributed by atoms with van der Waals surface area (Å²) in [6.07, 6.45) is 2.27. The summed E-state index contributed by atoms with van der Waals surface area (Å²) in [6.45, 7) is 5.65. The van der Waals surface area contributed by atoms with E-state index in [2.05, 4.69) is 6.58 Å². The van der Waals surface area contributed by atoms with Crippen LogP contribution in [0, 0.1) is 0 Å². The molecule has 0 bridgehead atoms. The van der Waals surface area contributed by atoms with Crippen molar-refractivity contribution in [3.63, 3.8) is 0 Å². The van der Waals surface area contributed by atoms with Crippen molar-refractivity contribution in [2.24, 2.45) is 0 Å². The first-order chi connectivity index (χ1) is 7.77. The van der Waals surface area contributed by atoms with E-state index < -0.39 is 0 Å². The van der Waals surface area contributed by atoms with Gasteiger partial charge in [-0.1, -0.05) is 56.0 Å². The standard InChI is InChI=1S/C15H14O/c1-3-11-9-10-12-7-5-6-8-13(12)15(11)14(16)4-2/h3,5-10H,1,4H2,2H3. The van der Waals surface area contributed by atoms with Crippen molar-refractivity contribution in [3.05, 3.63) is 54.1 Å². The summed E-state index contributed by atoms with van der Waals surface area (Å²) in [5, 5.41) is 2.12. The van der Waals surface area contributed by atoms with Crippen molar-refractivity contribution in [1.82, 2.24) is 0 Å². The maximum absolute atomic E-state index is 12.0. The molecule has 0 amide bonds. The number of carbonyl (C=O) groups excluding carboxylic acids is 1. The Labute approximate surface area is 95.4 Å². The molecule has 1 nitrogen and oxygen atoms in total. The van der Waals surface area contributed by atoms with Gasteiger partial charge in [0, 0.05) is 12.0 Å². The highest BCUT2D eigenvalue weighted by Crippen LogP contribution is 2.24. The first-order valence-electron chi connectivity index (χ1n) is 5.45. The monoisotopic (exact) mass is 210 g/mol. The predicted octanol–water partition coefficient (Wildman–Crippen LogP) is 4.08. The summed E-state index contributed by atoms with van der Waals surface area (Å²) in [5.41, 5.74) is 1.72. The summed E-state index contributed by atoms with van der Waals surface area (Å²) < 4.78 is 0. The summed E-state index contributed by atoms with van der Waals surface area (Å²) >= 11 is 0. The lowest BCUT2D eigenvalue weighted by Crippen LogP contribution is -2.00. The van der Waals surface area contributed by atoms with Gasteiger partial charge >= 0.3 is 0 Å². The van der Waals surface area contributed by atoms with E-state index in [4.69, 9.17) is 0 Å². The number of ketones is 1. The fourth-order valence-electron chi connectivity index (χ4n) is 1.95. The highest BCUT2D eigenvalue weighted by Gasteiger charge is 2.11. The van der Waals surface area contributed by atoms with Gasteiger partial charge < -0.3 is 0 Å². The molecule has 80 valence electrons. The molecule has 2 aromatic carbocycles. The molecule has 2 aromatic rings. The molecule has 0 radical (unpaired) electrons. The van der Waals surface area contributed by atoms with Crippen LogP contribution >= 0.6 is 0 Å². The molecule has 0 N–H and O–H groups in total. The van der Waals surface area contributed by atoms with Gasteiger partial charge in [0.2, 0.25) is 0 Å². The van der Waals surface area contributed by atoms with Crippen molar-refractivity contribution >= 4 is 22.6 Å². The lowest BCUT2D eigenvalue weighted by atomic mass is 9.95. The molecule has 2 rings (SSSR count). The second-order valence-corrected chi connectivity index (χ2v) is 3.73. The average molecular weight is 210 g/mol. The summed E-state index contributed by atoms with van der Waals surface area (Å²) in [7, 11) is 0. The second-order valence-electron chi connectivity index (χ2n) is 3.73. The van der Waals surface area contributed by atoms with E-state index in [0.717, 1.165) is 21.9 Å². The van der Waals surface area contributed by atoms with Crippen LogP contribution < -0.4 is 0 Å². The number of hydrogen-bond donors (Lipinski definition) is 0. The molecule has 0 heterocycles. The SMILES string of the molecule is C=Cc1ccc2ccccc2c1C(=O)CC. The number of fused-ring (bicyclic) bond motifs is 1. The van der Waals surface area contributed by atoms with Crippen LogP contribution in [0.4, 0.5) is 0 Å². The van der Waals surface area contributed by atoms with E-state index in [-0.39, 0.29) is 5.78 Å². The van der Waals surface area contributed by atoms with Crippen molar-refractivity contribution in [1.29, 1.82) is 0 Å². The van der Waals surface area contributed by atoms with E-state index in [1.54, 1.807) is 6.08 Å². The van der Waals surface area contributed by atoms with Crippen molar-refractivity contribution in [2.45, 2.75) is 13.3 Å². The van der Waals surface area contributed by atoms with Crippen LogP contribution in [0.25, 0.3) is 16.8 Å². The third-order valence-corrected chi connectivity index (χ3v) is 2.78. The lowest BCUT2D eigenvalue weighted by molar-refractivity contribution is 0.0989. The van der Waals surface area contributed by atoms with Crippen molar-refractivity contribution in [3.8, 4) is 0 Å². The predicted molar refractivity (Wildman–Crippen MR) is 68.7 cm³/mol. The zero-order valence-electron chi connectivity index (χ0n) is 9.36. The van der Waals surface area contributed by atoms with Crippen LogP contribution in [0.5, 0.6) is 0 Å². The third-order valence-electron chi connectivity index (χ3n) is 2.78. The molecule has 0 fully saturated rings. The number of hydrogen-bond acceptors (Lipinski definition) is 1. The Balaban J connectivity index is 2.83. The van der Waals surface area contributed by atoms with Gasteiger partial charge in [-0.2, -0.15) is 0 Å². The number of benzene rings is 2. The Hall–Kier alpha value is -1.89. The van der Waals surface area contributed by atoms with Crippen LogP contribution in [0.1, 0.15) is 29.3 Å². The summed E-state index contributed by atoms with van der Waals surface area (Å²) in [5.74, 6) is 0.173. The molecule has 0 aromatic heterocycles. The summed E-state index contributed by atoms with van der Waals surface area (Å²) in [4.78, 5) is 12.0. The molecular weight excluding hydrogens is 196 g/mol. The molecule has 0 unspecified atom stereocenters. The van der Waals surface area contributed by atoms with Crippen LogP contribution in [0.3, 0.4) is 0 Å². The van der Waals surface area contributed by atoms with Gasteiger partial charge in [0.05, 0.1) is 0 Å². The van der Waals surface area contributed by atoms with E-state index in [9.17, 15) is 4.79 Å². The quantitative estimate of drug-likeness (QED) is 0.698. The van der Waals surface area contributed by atoms with Gasteiger partial charge in [-0.15, -0.1) is 0 Å². The van der Waals surface area contributed by atoms with Gasteiger partial charge in [-0.3, -0.25) is 4.79 Å². The summed E-state index contributed by atoms with van der Waals surface area (Å²) in [6, 6.07) is 11.9. The molecule has 0 atom stereocenters. The normalized spacial score (nSPS) is 10.3. The van der Waals surface area contributed by atoms with Gasteiger partial charge in [0.15, 0.2) is 5.78 Å². The van der Waals surface area contributed by atoms with Crippen LogP contribution in [0.2, 0.25) is 0 Å². The first kappa shape index (κ1) is 10.6. The number of Topliss-reactive ketones (excluding diaryl/α,β-unsaturated/α-hetero) is 1. The van der Waals surface area contributed by atoms with Crippen LogP contribution in [-0.2, 0) is 0 Å². The Morgan fingerprint density at radius 3 is 2.69 bits per heavy atom. The van der Waals surface area contributed by atoms with Crippen LogP contribution in [-0.4, -0.2) is 5.78 Å². The van der Waals surface area contributed by atoms with Gasteiger partial charge in [0.1, 0.15) is 0 Å². The third kappa shape index (κ3) is 1.65. The molecule has 0 saturated heterocycles. The zero-order chi connectivity index (χ0) is 11.5. The van der Waals surface area contributed by atoms with Gasteiger partial charge in [-0.05, 0) is 16.3 Å². The molecular formula is C15H14O. The van der Waals surface area contributed by atoms with E-state index in [1.165, 1.54) is 0 Å². The number of rotatable bonds is 3. The zero-order valence-corrected chi connectivity index (χ0v) is 9.36. The Bertz CT molecular complexity index is 552. The molecule has 0 spiro atoms. The van der Waals surface area contributed by atoms with Crippen molar-refractivity contribution < 1.29 is 4.79 Å². The average Bonchev–Trinajstić information content (AvgIpc) is 2.36. The van der Waals surface area contributed by atoms with E-state index in [0.29, 0.717) is 6.42 Å². The van der Waals surface area contributed by atoms with E-state index in [1.807, 2.05) is 43.3 Å². The minimum absolute atomic E-state index is 0.173. The minimum atomic E-state index is 0.173. The molecule has 0 aliphatic heterocycles. The van der Waals surface area contributed by atoms with Crippen LogP contribution in [0.15, 0.2) is 43.0 Å². The highest BCUT2D eigenvalue weighted by molar-refractivity contribution is 6.10. The van der Waals surface area contributed by atoms with Gasteiger partial charge in [-0.25, -0.2) is 0 Å². The first-order valence-corrected chi connectivity index (χ1v) is 5.45. The largest absolute Gasteiger partial charge is 0.294 e. The van der Waals surface area contributed by atoms with Crippen molar-refractivity contribution in [2.75, 3.05) is 0 Å². The fourth-order valence-corrected chi connectivity index (χ4v) is 1.95. The Kier molecular flexibility index (Phi) is 2.86. The maximum atomic E-state index is 12.0. The Morgan fingerprint density at radius 1 is 1.25 bits per heavy atom. The minimum Gasteiger partial charge on any atom is -0.294 e. The highest BCUT2D eigenvalue weighted by atomic mass is 16.1. The van der Waals surface area contributed by atoms with Gasteiger partial charge in [0.25, 0.3) is 0 Å². The molecule has 0 aliphatic rings. The fraction of sp³-hybridized carbons (Fsp3) is 0.133. The molecule has 0 saturated carbocycles. The maximum Gasteiger partial charge on any atom is 0.163 e.